The number of carbonyl (C=O) groups excluding carboxylic acids is 1. The molecule has 1 saturated heterocycles. The van der Waals surface area contributed by atoms with Crippen LogP contribution >= 0.6 is 0 Å². The van der Waals surface area contributed by atoms with Crippen LogP contribution in [0.5, 0.6) is 0 Å². The molecule has 0 spiro atoms. The van der Waals surface area contributed by atoms with Crippen LogP contribution in [-0.4, -0.2) is 69.2 Å². The quantitative estimate of drug-likeness (QED) is 0.307. The second kappa shape index (κ2) is 12.6. The third kappa shape index (κ3) is 5.61. The fourth-order valence-corrected chi connectivity index (χ4v) is 14.0. The van der Waals surface area contributed by atoms with Crippen molar-refractivity contribution in [2.75, 3.05) is 37.7 Å². The Hall–Kier alpha value is -1.57. The summed E-state index contributed by atoms with van der Waals surface area (Å²) in [4.78, 5) is 27.9. The molecule has 7 aliphatic rings. The van der Waals surface area contributed by atoms with Gasteiger partial charge < -0.3 is 15.3 Å². The van der Waals surface area contributed by atoms with Gasteiger partial charge in [-0.3, -0.25) is 13.8 Å². The summed E-state index contributed by atoms with van der Waals surface area (Å²) in [6, 6.07) is 0. The van der Waals surface area contributed by atoms with Crippen LogP contribution < -0.4 is 5.32 Å². The molecule has 7 heteroatoms. The number of hydrogen-bond donors (Lipinski definition) is 2. The number of nitrogens with zero attached hydrogens (tertiary/aromatic N) is 1. The van der Waals surface area contributed by atoms with Gasteiger partial charge >= 0.3 is 5.97 Å². The lowest BCUT2D eigenvalue weighted by molar-refractivity contribution is -0.145. The van der Waals surface area contributed by atoms with Crippen molar-refractivity contribution in [1.29, 1.82) is 0 Å². The molecular weight excluding hydrogens is 605 g/mol. The van der Waals surface area contributed by atoms with Crippen LogP contribution in [0.1, 0.15) is 105 Å². The van der Waals surface area contributed by atoms with Gasteiger partial charge in [-0.05, 0) is 133 Å². The maximum atomic E-state index is 13.8. The van der Waals surface area contributed by atoms with E-state index in [1.54, 1.807) is 0 Å². The van der Waals surface area contributed by atoms with Crippen molar-refractivity contribution in [1.82, 2.24) is 10.2 Å². The number of allylic oxidation sites excluding steroid dienone is 5. The smallest absolute Gasteiger partial charge is 0.306 e. The van der Waals surface area contributed by atoms with Gasteiger partial charge in [-0.25, -0.2) is 0 Å². The Bertz CT molecular complexity index is 1400. The van der Waals surface area contributed by atoms with E-state index >= 15 is 0 Å². The van der Waals surface area contributed by atoms with Crippen LogP contribution in [0.15, 0.2) is 34.4 Å². The Labute approximate surface area is 286 Å². The van der Waals surface area contributed by atoms with Gasteiger partial charge in [0.1, 0.15) is 0 Å². The summed E-state index contributed by atoms with van der Waals surface area (Å²) in [5, 5.41) is 13.6. The molecule has 9 unspecified atom stereocenters. The fourth-order valence-electron chi connectivity index (χ4n) is 12.8. The van der Waals surface area contributed by atoms with Crippen LogP contribution in [0, 0.1) is 52.3 Å². The molecular formula is C40H60N2O4S. The van der Waals surface area contributed by atoms with Crippen molar-refractivity contribution in [3.63, 3.8) is 0 Å². The van der Waals surface area contributed by atoms with E-state index in [0.717, 1.165) is 68.9 Å². The number of carboxylic acid groups (broad SMARTS) is 1. The number of Topliss-reactive ketones (excluding diaryl/α,β-unsaturated/α-hetero) is 1. The average Bonchev–Trinajstić information content (AvgIpc) is 3.34. The first-order valence-corrected chi connectivity index (χ1v) is 20.6. The number of nitrogens with one attached hydrogen (secondary N) is 1. The Morgan fingerprint density at radius 2 is 1.79 bits per heavy atom. The number of rotatable bonds is 7. The normalized spacial score (nSPS) is 42.7. The highest BCUT2D eigenvalue weighted by molar-refractivity contribution is 7.85. The van der Waals surface area contributed by atoms with E-state index in [-0.39, 0.29) is 28.2 Å². The highest BCUT2D eigenvalue weighted by atomic mass is 32.2. The minimum Gasteiger partial charge on any atom is -0.481 e. The molecule has 7 rings (SSSR count). The van der Waals surface area contributed by atoms with Crippen molar-refractivity contribution < 1.29 is 18.9 Å². The summed E-state index contributed by atoms with van der Waals surface area (Å²) in [5.41, 5.74) is 6.02. The first-order valence-electron chi connectivity index (χ1n) is 19.1. The molecule has 0 aromatic rings. The molecule has 9 atom stereocenters. The Balaban J connectivity index is 1.12. The van der Waals surface area contributed by atoms with Gasteiger partial charge in [-0.2, -0.15) is 0 Å². The fraction of sp³-hybridized carbons (Fsp3) is 0.800. The molecule has 6 nitrogen and oxygen atoms in total. The van der Waals surface area contributed by atoms with E-state index in [4.69, 9.17) is 0 Å². The van der Waals surface area contributed by atoms with Gasteiger partial charge in [0.15, 0.2) is 5.78 Å². The summed E-state index contributed by atoms with van der Waals surface area (Å²) in [7, 11) is -0.655. The van der Waals surface area contributed by atoms with Gasteiger partial charge in [-0.15, -0.1) is 0 Å². The van der Waals surface area contributed by atoms with E-state index in [2.05, 4.69) is 57.0 Å². The molecule has 3 saturated carbocycles. The van der Waals surface area contributed by atoms with Crippen LogP contribution in [-0.2, 0) is 20.4 Å². The molecule has 0 aromatic heterocycles. The highest BCUT2D eigenvalue weighted by Gasteiger charge is 2.64. The van der Waals surface area contributed by atoms with Crippen molar-refractivity contribution in [2.24, 2.45) is 52.3 Å². The van der Waals surface area contributed by atoms with Gasteiger partial charge in [-0.1, -0.05) is 46.8 Å². The van der Waals surface area contributed by atoms with Crippen LogP contribution in [0.25, 0.3) is 0 Å². The SMILES string of the molecule is CC(C)C1=C2C3CCC4C5(C)CC=C(C6=CCC(C(=O)O)CC6)C(C)C5CCC4(C)C3CCC2(NCCN2CCS(=O)CC2)CC1=O. The zero-order chi connectivity index (χ0) is 33.3. The van der Waals surface area contributed by atoms with Crippen LogP contribution in [0.2, 0.25) is 0 Å². The molecule has 0 amide bonds. The zero-order valence-corrected chi connectivity index (χ0v) is 30.6. The number of carboxylic acids is 1. The molecule has 0 bridgehead atoms. The maximum absolute atomic E-state index is 13.8. The summed E-state index contributed by atoms with van der Waals surface area (Å²) in [5.74, 6) is 4.39. The monoisotopic (exact) mass is 664 g/mol. The van der Waals surface area contributed by atoms with Crippen molar-refractivity contribution >= 4 is 22.6 Å². The largest absolute Gasteiger partial charge is 0.481 e. The number of carbonyl (C=O) groups is 2. The predicted octanol–water partition coefficient (Wildman–Crippen LogP) is 6.94. The first-order chi connectivity index (χ1) is 22.4. The van der Waals surface area contributed by atoms with E-state index in [1.165, 1.54) is 48.8 Å². The summed E-state index contributed by atoms with van der Waals surface area (Å²) in [6.07, 6.45) is 16.3. The van der Waals surface area contributed by atoms with E-state index in [9.17, 15) is 18.9 Å². The molecule has 4 fully saturated rings. The molecule has 2 N–H and O–H groups in total. The minimum atomic E-state index is -0.655. The van der Waals surface area contributed by atoms with Gasteiger partial charge in [0.25, 0.3) is 0 Å². The Morgan fingerprint density at radius 3 is 2.47 bits per heavy atom. The topological polar surface area (TPSA) is 86.7 Å². The average molecular weight is 665 g/mol. The molecule has 1 aliphatic heterocycles. The third-order valence-electron chi connectivity index (χ3n) is 15.1. The molecule has 1 heterocycles. The lowest BCUT2D eigenvalue weighted by Gasteiger charge is -2.66. The maximum Gasteiger partial charge on any atom is 0.306 e. The molecule has 47 heavy (non-hydrogen) atoms. The van der Waals surface area contributed by atoms with Gasteiger partial charge in [0, 0.05) is 60.4 Å². The van der Waals surface area contributed by atoms with Gasteiger partial charge in [0.05, 0.1) is 5.92 Å². The van der Waals surface area contributed by atoms with Crippen LogP contribution in [0.3, 0.4) is 0 Å². The zero-order valence-electron chi connectivity index (χ0n) is 29.7. The second-order valence-electron chi connectivity index (χ2n) is 17.5. The van der Waals surface area contributed by atoms with E-state index < -0.39 is 16.8 Å². The summed E-state index contributed by atoms with van der Waals surface area (Å²) < 4.78 is 11.9. The van der Waals surface area contributed by atoms with E-state index in [1.807, 2.05) is 0 Å². The standard InChI is InChI=1S/C40H60N2O4S/c1-25(2)35-33(43)24-40(41-18-19-42-20-22-47(46)23-21-42)17-14-32-30(36(35)40)10-11-34-38(4)15-12-29(26(3)31(38)13-16-39(32,34)5)27-6-8-28(9-7-27)37(44)45/h6,12,25-26,28,30-32,34,41H,7-11,13-24H2,1-5H3,(H,44,45). The number of hydrogen-bond acceptors (Lipinski definition) is 5. The minimum absolute atomic E-state index is 0.175. The third-order valence-corrected chi connectivity index (χ3v) is 16.4. The van der Waals surface area contributed by atoms with Gasteiger partial charge in [0.2, 0.25) is 0 Å². The lowest BCUT2D eigenvalue weighted by atomic mass is 9.38. The summed E-state index contributed by atoms with van der Waals surface area (Å²) >= 11 is 0. The van der Waals surface area contributed by atoms with Crippen molar-refractivity contribution in [2.45, 2.75) is 111 Å². The summed E-state index contributed by atoms with van der Waals surface area (Å²) in [6.45, 7) is 15.9. The number of aliphatic carboxylic acids is 1. The van der Waals surface area contributed by atoms with Crippen molar-refractivity contribution in [3.05, 3.63) is 34.4 Å². The molecule has 0 radical (unpaired) electrons. The second-order valence-corrected chi connectivity index (χ2v) is 19.2. The predicted molar refractivity (Wildman–Crippen MR) is 189 cm³/mol. The highest BCUT2D eigenvalue weighted by Crippen LogP contribution is 2.70. The Morgan fingerprint density at radius 1 is 1.04 bits per heavy atom. The first kappa shape index (κ1) is 33.9. The molecule has 260 valence electrons. The molecule has 6 aliphatic carbocycles. The van der Waals surface area contributed by atoms with Crippen LogP contribution in [0.4, 0.5) is 0 Å². The van der Waals surface area contributed by atoms with E-state index in [0.29, 0.717) is 48.2 Å². The lowest BCUT2D eigenvalue weighted by Crippen LogP contribution is -2.61. The Kier molecular flexibility index (Phi) is 9.12. The molecule has 0 aromatic carbocycles. The number of fused-ring (bicyclic) bond motifs is 7. The number of ketones is 1. The van der Waals surface area contributed by atoms with Crippen molar-refractivity contribution in [3.8, 4) is 0 Å².